The molecule has 1 aliphatic carbocycles. The Bertz CT molecular complexity index is 193. The second kappa shape index (κ2) is 5.00. The van der Waals surface area contributed by atoms with Crippen molar-refractivity contribution in [2.75, 3.05) is 6.67 Å². The van der Waals surface area contributed by atoms with Crippen molar-refractivity contribution in [1.29, 1.82) is 0 Å². The molecule has 0 aromatic heterocycles. The van der Waals surface area contributed by atoms with Gasteiger partial charge in [-0.3, -0.25) is 4.79 Å². The summed E-state index contributed by atoms with van der Waals surface area (Å²) in [6, 6.07) is 0. The first-order valence-corrected chi connectivity index (χ1v) is 4.69. The minimum absolute atomic E-state index is 0.171. The number of hydrogen-bond acceptors (Lipinski definition) is 1. The molecule has 0 spiro atoms. The van der Waals surface area contributed by atoms with Crippen LogP contribution in [0.1, 0.15) is 25.7 Å². The fourth-order valence-electron chi connectivity index (χ4n) is 1.80. The Morgan fingerprint density at radius 3 is 2.46 bits per heavy atom. The number of hydrogen-bond donors (Lipinski definition) is 1. The Morgan fingerprint density at radius 1 is 1.38 bits per heavy atom. The summed E-state index contributed by atoms with van der Waals surface area (Å²) in [5, 5.41) is 8.72. The molecule has 74 valence electrons. The van der Waals surface area contributed by atoms with E-state index in [9.17, 15) is 9.18 Å². The third-order valence-corrected chi connectivity index (χ3v) is 2.62. The standard InChI is InChI=1S/C10H15FO2/c11-7-1-2-8-3-5-9(6-4-8)10(12)13/h1-2,8-9H,3-7H2,(H,12,13)/b2-1+. The third-order valence-electron chi connectivity index (χ3n) is 2.62. The number of carbonyl (C=O) groups is 1. The highest BCUT2D eigenvalue weighted by Gasteiger charge is 2.24. The molecule has 0 heterocycles. The molecule has 1 rings (SSSR count). The molecule has 0 atom stereocenters. The summed E-state index contributed by atoms with van der Waals surface area (Å²) in [7, 11) is 0. The van der Waals surface area contributed by atoms with Crippen LogP contribution < -0.4 is 0 Å². The Morgan fingerprint density at radius 2 is 2.00 bits per heavy atom. The molecule has 1 N–H and O–H groups in total. The molecule has 0 radical (unpaired) electrons. The van der Waals surface area contributed by atoms with Gasteiger partial charge in [-0.15, -0.1) is 0 Å². The molecule has 0 aromatic rings. The number of aliphatic carboxylic acids is 1. The first-order valence-electron chi connectivity index (χ1n) is 4.69. The van der Waals surface area contributed by atoms with Crippen molar-refractivity contribution < 1.29 is 14.3 Å². The first kappa shape index (κ1) is 10.2. The van der Waals surface area contributed by atoms with E-state index < -0.39 is 12.6 Å². The van der Waals surface area contributed by atoms with Crippen molar-refractivity contribution >= 4 is 5.97 Å². The molecule has 0 aromatic carbocycles. The highest BCUT2D eigenvalue weighted by molar-refractivity contribution is 5.70. The van der Waals surface area contributed by atoms with Gasteiger partial charge in [-0.1, -0.05) is 12.2 Å². The second-order valence-electron chi connectivity index (χ2n) is 3.53. The van der Waals surface area contributed by atoms with Gasteiger partial charge in [0, 0.05) is 0 Å². The molecule has 1 fully saturated rings. The lowest BCUT2D eigenvalue weighted by Crippen LogP contribution is -2.20. The van der Waals surface area contributed by atoms with Crippen molar-refractivity contribution in [2.24, 2.45) is 11.8 Å². The molecule has 0 saturated heterocycles. The van der Waals surface area contributed by atoms with Crippen LogP contribution in [0, 0.1) is 11.8 Å². The van der Waals surface area contributed by atoms with Gasteiger partial charge in [0.05, 0.1) is 5.92 Å². The normalized spacial score (nSPS) is 29.3. The monoisotopic (exact) mass is 186 g/mol. The van der Waals surface area contributed by atoms with Crippen LogP contribution >= 0.6 is 0 Å². The van der Waals surface area contributed by atoms with Crippen LogP contribution in [0.2, 0.25) is 0 Å². The molecule has 2 nitrogen and oxygen atoms in total. The molecule has 1 aliphatic rings. The van der Waals surface area contributed by atoms with Crippen LogP contribution in [-0.2, 0) is 4.79 Å². The molecule has 13 heavy (non-hydrogen) atoms. The lowest BCUT2D eigenvalue weighted by atomic mass is 9.82. The highest BCUT2D eigenvalue weighted by Crippen LogP contribution is 2.29. The van der Waals surface area contributed by atoms with Gasteiger partial charge in [-0.2, -0.15) is 0 Å². The molecule has 0 bridgehead atoms. The van der Waals surface area contributed by atoms with Crippen LogP contribution in [0.3, 0.4) is 0 Å². The topological polar surface area (TPSA) is 37.3 Å². The third kappa shape index (κ3) is 3.17. The Balaban J connectivity index is 2.30. The van der Waals surface area contributed by atoms with Gasteiger partial charge in [0.25, 0.3) is 0 Å². The van der Waals surface area contributed by atoms with Crippen molar-refractivity contribution in [3.05, 3.63) is 12.2 Å². The predicted octanol–water partition coefficient (Wildman–Crippen LogP) is 2.40. The number of carboxylic acids is 1. The fourth-order valence-corrected chi connectivity index (χ4v) is 1.80. The lowest BCUT2D eigenvalue weighted by Gasteiger charge is -2.23. The van der Waals surface area contributed by atoms with Crippen molar-refractivity contribution in [2.45, 2.75) is 25.7 Å². The van der Waals surface area contributed by atoms with Crippen molar-refractivity contribution in [3.8, 4) is 0 Å². The zero-order valence-electron chi connectivity index (χ0n) is 7.58. The molecule has 0 amide bonds. The van der Waals surface area contributed by atoms with Gasteiger partial charge in [-0.05, 0) is 31.6 Å². The van der Waals surface area contributed by atoms with E-state index in [0.717, 1.165) is 25.7 Å². The highest BCUT2D eigenvalue weighted by atomic mass is 19.1. The maximum absolute atomic E-state index is 11.8. The smallest absolute Gasteiger partial charge is 0.306 e. The maximum Gasteiger partial charge on any atom is 0.306 e. The van der Waals surface area contributed by atoms with E-state index in [1.807, 2.05) is 6.08 Å². The zero-order valence-corrected chi connectivity index (χ0v) is 7.58. The van der Waals surface area contributed by atoms with Gasteiger partial charge in [0.2, 0.25) is 0 Å². The van der Waals surface area contributed by atoms with E-state index in [0.29, 0.717) is 5.92 Å². The first-order chi connectivity index (χ1) is 6.24. The van der Waals surface area contributed by atoms with Gasteiger partial charge < -0.3 is 5.11 Å². The maximum atomic E-state index is 11.8. The van der Waals surface area contributed by atoms with E-state index in [-0.39, 0.29) is 5.92 Å². The fraction of sp³-hybridized carbons (Fsp3) is 0.700. The second-order valence-corrected chi connectivity index (χ2v) is 3.53. The van der Waals surface area contributed by atoms with Crippen LogP contribution in [0.15, 0.2) is 12.2 Å². The van der Waals surface area contributed by atoms with E-state index in [4.69, 9.17) is 5.11 Å². The Kier molecular flexibility index (Phi) is 3.93. The zero-order chi connectivity index (χ0) is 9.68. The average molecular weight is 186 g/mol. The van der Waals surface area contributed by atoms with E-state index in [1.165, 1.54) is 6.08 Å². The summed E-state index contributed by atoms with van der Waals surface area (Å²) in [5.74, 6) is -0.464. The van der Waals surface area contributed by atoms with E-state index in [2.05, 4.69) is 0 Å². The number of rotatable bonds is 3. The quantitative estimate of drug-likeness (QED) is 0.687. The number of halogens is 1. The predicted molar refractivity (Wildman–Crippen MR) is 48.2 cm³/mol. The molecular weight excluding hydrogens is 171 g/mol. The van der Waals surface area contributed by atoms with Crippen molar-refractivity contribution in [1.82, 2.24) is 0 Å². The molecular formula is C10H15FO2. The molecule has 0 aliphatic heterocycles. The number of carboxylic acid groups (broad SMARTS) is 1. The molecule has 3 heteroatoms. The lowest BCUT2D eigenvalue weighted by molar-refractivity contribution is -0.142. The summed E-state index contributed by atoms with van der Waals surface area (Å²) in [6.07, 6.45) is 6.62. The van der Waals surface area contributed by atoms with Gasteiger partial charge in [-0.25, -0.2) is 4.39 Å². The summed E-state index contributed by atoms with van der Waals surface area (Å²) in [4.78, 5) is 10.6. The van der Waals surface area contributed by atoms with Crippen LogP contribution in [0.4, 0.5) is 4.39 Å². The Labute approximate surface area is 77.4 Å². The van der Waals surface area contributed by atoms with E-state index >= 15 is 0 Å². The van der Waals surface area contributed by atoms with E-state index in [1.54, 1.807) is 0 Å². The minimum Gasteiger partial charge on any atom is -0.481 e. The van der Waals surface area contributed by atoms with Crippen LogP contribution in [-0.4, -0.2) is 17.8 Å². The molecule has 1 saturated carbocycles. The largest absolute Gasteiger partial charge is 0.481 e. The van der Waals surface area contributed by atoms with Gasteiger partial charge in [0.15, 0.2) is 0 Å². The molecule has 0 unspecified atom stereocenters. The summed E-state index contributed by atoms with van der Waals surface area (Å²) in [5.41, 5.74) is 0. The Hall–Kier alpha value is -0.860. The van der Waals surface area contributed by atoms with Crippen LogP contribution in [0.25, 0.3) is 0 Å². The number of alkyl halides is 1. The minimum atomic E-state index is -0.687. The summed E-state index contributed by atoms with van der Waals surface area (Å²) >= 11 is 0. The van der Waals surface area contributed by atoms with Gasteiger partial charge >= 0.3 is 5.97 Å². The van der Waals surface area contributed by atoms with Crippen molar-refractivity contribution in [3.63, 3.8) is 0 Å². The SMILES string of the molecule is O=C(O)C1CCC(/C=C/CF)CC1. The van der Waals surface area contributed by atoms with Crippen LogP contribution in [0.5, 0.6) is 0 Å². The number of allylic oxidation sites excluding steroid dienone is 2. The average Bonchev–Trinajstić information content (AvgIpc) is 2.15. The summed E-state index contributed by atoms with van der Waals surface area (Å²) in [6.45, 7) is -0.418. The summed E-state index contributed by atoms with van der Waals surface area (Å²) < 4.78 is 11.8. The van der Waals surface area contributed by atoms with Gasteiger partial charge in [0.1, 0.15) is 6.67 Å².